The van der Waals surface area contributed by atoms with Gasteiger partial charge in [0.05, 0.1) is 0 Å². The lowest BCUT2D eigenvalue weighted by Gasteiger charge is -2.27. The third-order valence-corrected chi connectivity index (χ3v) is 3.16. The molecular formula is C14H12O6. The first-order chi connectivity index (χ1) is 9.39. The van der Waals surface area contributed by atoms with Crippen LogP contribution in [0.25, 0.3) is 10.8 Å². The van der Waals surface area contributed by atoms with Crippen molar-refractivity contribution in [2.45, 2.75) is 11.7 Å². The van der Waals surface area contributed by atoms with Crippen LogP contribution in [0.4, 0.5) is 0 Å². The van der Waals surface area contributed by atoms with Crippen LogP contribution in [0.1, 0.15) is 5.56 Å². The van der Waals surface area contributed by atoms with E-state index in [2.05, 4.69) is 0 Å². The van der Waals surface area contributed by atoms with Gasteiger partial charge in [0.15, 0.2) is 6.10 Å². The average molecular weight is 276 g/mol. The van der Waals surface area contributed by atoms with E-state index in [4.69, 9.17) is 5.11 Å². The molecule has 2 aromatic rings. The Labute approximate surface area is 113 Å². The summed E-state index contributed by atoms with van der Waals surface area (Å²) in [4.78, 5) is 22.2. The highest BCUT2D eigenvalue weighted by Crippen LogP contribution is 2.32. The summed E-state index contributed by atoms with van der Waals surface area (Å²) in [5.74, 6) is -3.65. The summed E-state index contributed by atoms with van der Waals surface area (Å²) in [5, 5.41) is 38.9. The number of aliphatic carboxylic acids is 2. The Morgan fingerprint density at radius 1 is 1.00 bits per heavy atom. The van der Waals surface area contributed by atoms with E-state index in [-0.39, 0.29) is 5.56 Å². The maximum atomic E-state index is 11.3. The molecular weight excluding hydrogens is 264 g/mol. The predicted molar refractivity (Wildman–Crippen MR) is 69.1 cm³/mol. The standard InChI is InChI=1S/C14H12O6/c15-11(12(16)17)14(20,13(18)19)10-7-3-5-8-4-1-2-6-9(8)10/h1-7,11,15,20H,(H,16,17)(H,18,19). The van der Waals surface area contributed by atoms with Crippen LogP contribution in [0, 0.1) is 0 Å². The van der Waals surface area contributed by atoms with Gasteiger partial charge in [0.1, 0.15) is 0 Å². The minimum Gasteiger partial charge on any atom is -0.479 e. The molecule has 0 amide bonds. The van der Waals surface area contributed by atoms with Crippen LogP contribution < -0.4 is 0 Å². The van der Waals surface area contributed by atoms with E-state index in [1.165, 1.54) is 12.1 Å². The Kier molecular flexibility index (Phi) is 3.44. The Hall–Kier alpha value is -2.44. The van der Waals surface area contributed by atoms with Crippen molar-refractivity contribution >= 4 is 22.7 Å². The molecule has 0 aliphatic heterocycles. The number of carbonyl (C=O) groups is 2. The Bertz CT molecular complexity index is 675. The highest BCUT2D eigenvalue weighted by atomic mass is 16.4. The molecule has 0 aliphatic rings. The molecule has 2 atom stereocenters. The van der Waals surface area contributed by atoms with Crippen LogP contribution in [0.15, 0.2) is 42.5 Å². The van der Waals surface area contributed by atoms with Gasteiger partial charge in [-0.2, -0.15) is 0 Å². The predicted octanol–water partition coefficient (Wildman–Crippen LogP) is 0.558. The molecule has 0 spiro atoms. The molecule has 4 N–H and O–H groups in total. The van der Waals surface area contributed by atoms with Gasteiger partial charge in [-0.1, -0.05) is 42.5 Å². The van der Waals surface area contributed by atoms with E-state index in [1.54, 1.807) is 30.3 Å². The van der Waals surface area contributed by atoms with Crippen LogP contribution in [0.2, 0.25) is 0 Å². The van der Waals surface area contributed by atoms with Crippen LogP contribution in [-0.2, 0) is 15.2 Å². The fourth-order valence-electron chi connectivity index (χ4n) is 2.12. The minimum atomic E-state index is -2.92. The molecule has 6 nitrogen and oxygen atoms in total. The van der Waals surface area contributed by atoms with Crippen molar-refractivity contribution in [2.75, 3.05) is 0 Å². The molecule has 2 aromatic carbocycles. The Morgan fingerprint density at radius 2 is 1.60 bits per heavy atom. The lowest BCUT2D eigenvalue weighted by Crippen LogP contribution is -2.50. The van der Waals surface area contributed by atoms with Crippen molar-refractivity contribution in [3.8, 4) is 0 Å². The zero-order chi connectivity index (χ0) is 14.9. The highest BCUT2D eigenvalue weighted by molar-refractivity contribution is 5.95. The van der Waals surface area contributed by atoms with Crippen molar-refractivity contribution in [3.05, 3.63) is 48.0 Å². The third-order valence-electron chi connectivity index (χ3n) is 3.16. The van der Waals surface area contributed by atoms with Crippen LogP contribution in [0.3, 0.4) is 0 Å². The number of rotatable bonds is 4. The van der Waals surface area contributed by atoms with Crippen LogP contribution >= 0.6 is 0 Å². The molecule has 0 radical (unpaired) electrons. The fraction of sp³-hybridized carbons (Fsp3) is 0.143. The molecule has 20 heavy (non-hydrogen) atoms. The van der Waals surface area contributed by atoms with Gasteiger partial charge in [-0.15, -0.1) is 0 Å². The molecule has 0 saturated heterocycles. The number of aliphatic hydroxyl groups excluding tert-OH is 1. The second-order valence-electron chi connectivity index (χ2n) is 4.34. The van der Waals surface area contributed by atoms with Crippen molar-refractivity contribution in [1.82, 2.24) is 0 Å². The molecule has 0 saturated carbocycles. The molecule has 2 rings (SSSR count). The van der Waals surface area contributed by atoms with E-state index in [9.17, 15) is 24.9 Å². The second-order valence-corrected chi connectivity index (χ2v) is 4.34. The van der Waals surface area contributed by atoms with Gasteiger partial charge in [0.25, 0.3) is 0 Å². The number of carboxylic acid groups (broad SMARTS) is 2. The number of benzene rings is 2. The maximum Gasteiger partial charge on any atom is 0.343 e. The molecule has 0 fully saturated rings. The average Bonchev–Trinajstić information content (AvgIpc) is 2.44. The topological polar surface area (TPSA) is 115 Å². The van der Waals surface area contributed by atoms with Gasteiger partial charge in [-0.3, -0.25) is 0 Å². The number of hydrogen-bond donors (Lipinski definition) is 4. The largest absolute Gasteiger partial charge is 0.479 e. The van der Waals surface area contributed by atoms with Crippen molar-refractivity contribution < 1.29 is 30.0 Å². The number of aliphatic hydroxyl groups is 2. The molecule has 6 heteroatoms. The van der Waals surface area contributed by atoms with Gasteiger partial charge >= 0.3 is 11.9 Å². The zero-order valence-electron chi connectivity index (χ0n) is 10.2. The van der Waals surface area contributed by atoms with Crippen LogP contribution in [0.5, 0.6) is 0 Å². The summed E-state index contributed by atoms with van der Waals surface area (Å²) in [6, 6.07) is 11.0. The summed E-state index contributed by atoms with van der Waals surface area (Å²) >= 11 is 0. The first-order valence-corrected chi connectivity index (χ1v) is 5.74. The summed E-state index contributed by atoms with van der Waals surface area (Å²) < 4.78 is 0. The van der Waals surface area contributed by atoms with Crippen molar-refractivity contribution in [3.63, 3.8) is 0 Å². The third kappa shape index (κ3) is 2.01. The quantitative estimate of drug-likeness (QED) is 0.648. The summed E-state index contributed by atoms with van der Waals surface area (Å²) in [6.07, 6.45) is -2.48. The normalized spacial score (nSPS) is 15.5. The Morgan fingerprint density at radius 3 is 2.20 bits per heavy atom. The lowest BCUT2D eigenvalue weighted by atomic mass is 9.85. The molecule has 104 valence electrons. The Balaban J connectivity index is 2.76. The smallest absolute Gasteiger partial charge is 0.343 e. The van der Waals surface area contributed by atoms with E-state index in [0.29, 0.717) is 10.8 Å². The number of hydrogen-bond acceptors (Lipinski definition) is 4. The van der Waals surface area contributed by atoms with E-state index < -0.39 is 23.6 Å². The second kappa shape index (κ2) is 4.92. The van der Waals surface area contributed by atoms with E-state index in [0.717, 1.165) is 0 Å². The molecule has 0 aliphatic carbocycles. The molecule has 2 unspecified atom stereocenters. The first-order valence-electron chi connectivity index (χ1n) is 5.74. The fourth-order valence-corrected chi connectivity index (χ4v) is 2.12. The van der Waals surface area contributed by atoms with Gasteiger partial charge in [-0.05, 0) is 10.8 Å². The molecule has 0 bridgehead atoms. The first kappa shape index (κ1) is 14.0. The summed E-state index contributed by atoms with van der Waals surface area (Å²) in [6.45, 7) is 0. The number of carboxylic acids is 2. The molecule has 0 aromatic heterocycles. The van der Waals surface area contributed by atoms with Crippen molar-refractivity contribution in [1.29, 1.82) is 0 Å². The summed E-state index contributed by atoms with van der Waals surface area (Å²) in [7, 11) is 0. The van der Waals surface area contributed by atoms with Gasteiger partial charge in [0.2, 0.25) is 5.60 Å². The SMILES string of the molecule is O=C(O)C(O)C(O)(C(=O)O)c1cccc2ccccc12. The van der Waals surface area contributed by atoms with E-state index >= 15 is 0 Å². The maximum absolute atomic E-state index is 11.3. The summed E-state index contributed by atoms with van der Waals surface area (Å²) in [5.41, 5.74) is -3.09. The monoisotopic (exact) mass is 276 g/mol. The van der Waals surface area contributed by atoms with E-state index in [1.807, 2.05) is 0 Å². The van der Waals surface area contributed by atoms with Gasteiger partial charge in [-0.25, -0.2) is 9.59 Å². The highest BCUT2D eigenvalue weighted by Gasteiger charge is 2.50. The van der Waals surface area contributed by atoms with Gasteiger partial charge < -0.3 is 20.4 Å². The number of fused-ring (bicyclic) bond motifs is 1. The lowest BCUT2D eigenvalue weighted by molar-refractivity contribution is -0.185. The van der Waals surface area contributed by atoms with Gasteiger partial charge in [0, 0.05) is 5.56 Å². The van der Waals surface area contributed by atoms with Crippen molar-refractivity contribution in [2.24, 2.45) is 0 Å². The molecule has 0 heterocycles. The zero-order valence-corrected chi connectivity index (χ0v) is 10.2. The minimum absolute atomic E-state index is 0.169. The van der Waals surface area contributed by atoms with Crippen LogP contribution in [-0.4, -0.2) is 38.5 Å².